The number of carbonyl (C=O) groups excluding carboxylic acids is 1. The van der Waals surface area contributed by atoms with Gasteiger partial charge in [0.05, 0.1) is 6.10 Å². The van der Waals surface area contributed by atoms with Crippen molar-refractivity contribution in [3.63, 3.8) is 0 Å². The van der Waals surface area contributed by atoms with E-state index in [0.29, 0.717) is 31.7 Å². The zero-order valence-electron chi connectivity index (χ0n) is 16.8. The summed E-state index contributed by atoms with van der Waals surface area (Å²) in [5, 5.41) is 13.0. The smallest absolute Gasteiger partial charge is 0.407 e. The second-order valence-electron chi connectivity index (χ2n) is 8.42. The van der Waals surface area contributed by atoms with Crippen LogP contribution in [0.3, 0.4) is 0 Å². The second kappa shape index (κ2) is 9.92. The average Bonchev–Trinajstić information content (AvgIpc) is 2.59. The van der Waals surface area contributed by atoms with Gasteiger partial charge in [0.25, 0.3) is 0 Å². The van der Waals surface area contributed by atoms with Crippen molar-refractivity contribution in [3.05, 3.63) is 29.8 Å². The van der Waals surface area contributed by atoms with Crippen LogP contribution in [0.2, 0.25) is 0 Å². The third kappa shape index (κ3) is 8.35. The Morgan fingerprint density at radius 1 is 1.36 bits per heavy atom. The monoisotopic (exact) mass is 415 g/mol. The first-order valence-corrected chi connectivity index (χ1v) is 10.8. The van der Waals surface area contributed by atoms with Crippen LogP contribution >= 0.6 is 11.8 Å². The summed E-state index contributed by atoms with van der Waals surface area (Å²) in [7, 11) is 0. The third-order valence-corrected chi connectivity index (χ3v) is 5.88. The summed E-state index contributed by atoms with van der Waals surface area (Å²) in [6.45, 7) is 5.69. The van der Waals surface area contributed by atoms with Gasteiger partial charge in [0.2, 0.25) is 5.92 Å². The molecule has 0 saturated heterocycles. The SMILES string of the molecule is CC(C)(C)OC(=O)NCCC(O)c1cccc(SCC2CCC(F)(F)CC2)c1. The summed E-state index contributed by atoms with van der Waals surface area (Å²) in [6.07, 6.45) is 0.303. The summed E-state index contributed by atoms with van der Waals surface area (Å²) in [4.78, 5) is 12.7. The van der Waals surface area contributed by atoms with Crippen molar-refractivity contribution < 1.29 is 23.4 Å². The van der Waals surface area contributed by atoms with E-state index in [1.807, 2.05) is 24.3 Å². The van der Waals surface area contributed by atoms with Gasteiger partial charge in [-0.25, -0.2) is 13.6 Å². The Bertz CT molecular complexity index is 639. The number of alkyl halides is 2. The highest BCUT2D eigenvalue weighted by molar-refractivity contribution is 7.99. The van der Waals surface area contributed by atoms with Gasteiger partial charge in [-0.3, -0.25) is 0 Å². The maximum absolute atomic E-state index is 13.2. The topological polar surface area (TPSA) is 58.6 Å². The fraction of sp³-hybridized carbons (Fsp3) is 0.667. The largest absolute Gasteiger partial charge is 0.444 e. The van der Waals surface area contributed by atoms with Crippen LogP contribution in [0.4, 0.5) is 13.6 Å². The van der Waals surface area contributed by atoms with Gasteiger partial charge in [0.1, 0.15) is 5.60 Å². The molecule has 4 nitrogen and oxygen atoms in total. The Morgan fingerprint density at radius 3 is 2.68 bits per heavy atom. The summed E-state index contributed by atoms with van der Waals surface area (Å²) in [5.41, 5.74) is 0.230. The zero-order valence-corrected chi connectivity index (χ0v) is 17.7. The van der Waals surface area contributed by atoms with Crippen LogP contribution in [-0.4, -0.2) is 35.0 Å². The number of nitrogens with one attached hydrogen (secondary N) is 1. The predicted molar refractivity (Wildman–Crippen MR) is 108 cm³/mol. The van der Waals surface area contributed by atoms with Crippen molar-refractivity contribution >= 4 is 17.9 Å². The molecule has 1 aliphatic rings. The molecule has 1 amide bonds. The highest BCUT2D eigenvalue weighted by atomic mass is 32.2. The van der Waals surface area contributed by atoms with Gasteiger partial charge in [-0.05, 0) is 63.6 Å². The molecule has 1 atom stereocenters. The minimum atomic E-state index is -2.49. The fourth-order valence-corrected chi connectivity index (χ4v) is 4.24. The lowest BCUT2D eigenvalue weighted by Gasteiger charge is -2.27. The molecule has 2 N–H and O–H groups in total. The van der Waals surface area contributed by atoms with Crippen LogP contribution in [0.15, 0.2) is 29.2 Å². The zero-order chi connectivity index (χ0) is 20.8. The normalized spacial score (nSPS) is 18.5. The van der Waals surface area contributed by atoms with Crippen LogP contribution in [-0.2, 0) is 4.74 Å². The van der Waals surface area contributed by atoms with E-state index >= 15 is 0 Å². The Hall–Kier alpha value is -1.34. The van der Waals surface area contributed by atoms with Crippen molar-refractivity contribution in [3.8, 4) is 0 Å². The van der Waals surface area contributed by atoms with Crippen LogP contribution in [0, 0.1) is 5.92 Å². The maximum atomic E-state index is 13.2. The number of rotatable bonds is 7. The lowest BCUT2D eigenvalue weighted by Crippen LogP contribution is -2.33. The number of alkyl carbamates (subject to hydrolysis) is 1. The fourth-order valence-electron chi connectivity index (χ4n) is 3.08. The van der Waals surface area contributed by atoms with Crippen molar-refractivity contribution in [1.29, 1.82) is 0 Å². The molecule has 158 valence electrons. The summed E-state index contributed by atoms with van der Waals surface area (Å²) in [5.74, 6) is -1.36. The molecule has 0 aliphatic heterocycles. The number of hydrogen-bond acceptors (Lipinski definition) is 4. The number of thioether (sulfide) groups is 1. The standard InChI is InChI=1S/C21H31F2NO3S/c1-20(2,3)27-19(26)24-12-9-18(25)16-5-4-6-17(13-16)28-14-15-7-10-21(22,23)11-8-15/h4-6,13,15,18,25H,7-12,14H2,1-3H3,(H,24,26). The number of benzene rings is 1. The number of ether oxygens (including phenoxy) is 1. The Kier molecular flexibility index (Phi) is 8.13. The minimum Gasteiger partial charge on any atom is -0.444 e. The van der Waals surface area contributed by atoms with Gasteiger partial charge < -0.3 is 15.2 Å². The van der Waals surface area contributed by atoms with Crippen molar-refractivity contribution in [2.24, 2.45) is 5.92 Å². The highest BCUT2D eigenvalue weighted by Crippen LogP contribution is 2.38. The number of aliphatic hydroxyl groups is 1. The molecule has 1 aliphatic carbocycles. The van der Waals surface area contributed by atoms with Crippen LogP contribution < -0.4 is 5.32 Å². The molecular weight excluding hydrogens is 384 g/mol. The molecule has 0 aromatic heterocycles. The molecule has 28 heavy (non-hydrogen) atoms. The van der Waals surface area contributed by atoms with Crippen LogP contribution in [0.25, 0.3) is 0 Å². The second-order valence-corrected chi connectivity index (χ2v) is 9.51. The number of carbonyl (C=O) groups is 1. The van der Waals surface area contributed by atoms with Crippen molar-refractivity contribution in [2.75, 3.05) is 12.3 Å². The van der Waals surface area contributed by atoms with Crippen LogP contribution in [0.5, 0.6) is 0 Å². The van der Waals surface area contributed by atoms with Crippen LogP contribution in [0.1, 0.15) is 64.5 Å². The highest BCUT2D eigenvalue weighted by Gasteiger charge is 2.34. The van der Waals surface area contributed by atoms with E-state index < -0.39 is 23.7 Å². The quantitative estimate of drug-likeness (QED) is 0.573. The first kappa shape index (κ1) is 22.9. The van der Waals surface area contributed by atoms with E-state index in [1.165, 1.54) is 0 Å². The molecule has 1 aromatic rings. The molecule has 1 fully saturated rings. The predicted octanol–water partition coefficient (Wildman–Crippen LogP) is 5.55. The molecule has 0 bridgehead atoms. The molecule has 1 aromatic carbocycles. The van der Waals surface area contributed by atoms with E-state index in [2.05, 4.69) is 5.32 Å². The van der Waals surface area contributed by atoms with Gasteiger partial charge in [-0.1, -0.05) is 12.1 Å². The van der Waals surface area contributed by atoms with Gasteiger partial charge in [-0.15, -0.1) is 11.8 Å². The Labute approximate surface area is 170 Å². The first-order chi connectivity index (χ1) is 13.0. The Morgan fingerprint density at radius 2 is 2.04 bits per heavy atom. The van der Waals surface area contributed by atoms with E-state index in [9.17, 15) is 18.7 Å². The summed E-state index contributed by atoms with van der Waals surface area (Å²) < 4.78 is 31.7. The van der Waals surface area contributed by atoms with Crippen molar-refractivity contribution in [2.45, 2.75) is 75.4 Å². The summed E-state index contributed by atoms with van der Waals surface area (Å²) in [6, 6.07) is 7.64. The van der Waals surface area contributed by atoms with Crippen molar-refractivity contribution in [1.82, 2.24) is 5.32 Å². The molecule has 0 radical (unpaired) electrons. The molecule has 7 heteroatoms. The molecule has 2 rings (SSSR count). The van der Waals surface area contributed by atoms with E-state index in [4.69, 9.17) is 4.74 Å². The molecular formula is C21H31F2NO3S. The molecule has 0 spiro atoms. The molecule has 0 heterocycles. The van der Waals surface area contributed by atoms with Gasteiger partial charge >= 0.3 is 6.09 Å². The number of amides is 1. The van der Waals surface area contributed by atoms with Gasteiger partial charge in [0, 0.05) is 30.0 Å². The minimum absolute atomic E-state index is 0.0123. The molecule has 1 saturated carbocycles. The third-order valence-electron chi connectivity index (χ3n) is 4.65. The Balaban J connectivity index is 1.76. The first-order valence-electron chi connectivity index (χ1n) is 9.80. The molecule has 1 unspecified atom stereocenters. The maximum Gasteiger partial charge on any atom is 0.407 e. The number of hydrogen-bond donors (Lipinski definition) is 2. The van der Waals surface area contributed by atoms with Gasteiger partial charge in [0.15, 0.2) is 0 Å². The summed E-state index contributed by atoms with van der Waals surface area (Å²) >= 11 is 1.65. The number of aliphatic hydroxyl groups excluding tert-OH is 1. The number of halogens is 2. The van der Waals surface area contributed by atoms with E-state index in [-0.39, 0.29) is 12.8 Å². The van der Waals surface area contributed by atoms with E-state index in [1.54, 1.807) is 32.5 Å². The lowest BCUT2D eigenvalue weighted by atomic mass is 9.88. The lowest BCUT2D eigenvalue weighted by molar-refractivity contribution is -0.0433. The average molecular weight is 416 g/mol. The van der Waals surface area contributed by atoms with E-state index in [0.717, 1.165) is 16.2 Å². The van der Waals surface area contributed by atoms with Gasteiger partial charge in [-0.2, -0.15) is 0 Å².